The van der Waals surface area contributed by atoms with Crippen LogP contribution in [0, 0.1) is 11.6 Å². The summed E-state index contributed by atoms with van der Waals surface area (Å²) < 4.78 is 28.4. The number of benzene rings is 1. The van der Waals surface area contributed by atoms with Crippen molar-refractivity contribution in [2.24, 2.45) is 0 Å². The van der Waals surface area contributed by atoms with Crippen molar-refractivity contribution in [2.45, 2.75) is 19.9 Å². The molecule has 0 saturated carbocycles. The smallest absolute Gasteiger partial charge is 0.219 e. The van der Waals surface area contributed by atoms with Crippen LogP contribution in [0.25, 0.3) is 0 Å². The number of carbonyl (C=O) groups is 1. The van der Waals surface area contributed by atoms with Gasteiger partial charge in [-0.2, -0.15) is 0 Å². The minimum absolute atomic E-state index is 0.00200. The van der Waals surface area contributed by atoms with Gasteiger partial charge in [0.2, 0.25) is 5.91 Å². The van der Waals surface area contributed by atoms with Crippen molar-refractivity contribution in [3.63, 3.8) is 0 Å². The van der Waals surface area contributed by atoms with Crippen molar-refractivity contribution < 1.29 is 13.6 Å². The van der Waals surface area contributed by atoms with Crippen molar-refractivity contribution in [3.05, 3.63) is 29.3 Å². The van der Waals surface area contributed by atoms with Gasteiger partial charge >= 0.3 is 0 Å². The number of carbonyl (C=O) groups excluding carboxylic acids is 1. The van der Waals surface area contributed by atoms with E-state index in [2.05, 4.69) is 5.32 Å². The monoisotopic (exact) mass is 297 g/mol. The molecule has 4 nitrogen and oxygen atoms in total. The van der Waals surface area contributed by atoms with Gasteiger partial charge < -0.3 is 15.1 Å². The summed E-state index contributed by atoms with van der Waals surface area (Å²) in [6, 6.07) is 2.73. The van der Waals surface area contributed by atoms with Crippen LogP contribution in [0.1, 0.15) is 18.9 Å². The van der Waals surface area contributed by atoms with E-state index < -0.39 is 11.6 Å². The first-order chi connectivity index (χ1) is 10.0. The normalized spacial score (nSPS) is 16.0. The van der Waals surface area contributed by atoms with Crippen LogP contribution in [0.5, 0.6) is 0 Å². The fourth-order valence-corrected chi connectivity index (χ4v) is 2.68. The van der Waals surface area contributed by atoms with Crippen molar-refractivity contribution in [1.82, 2.24) is 10.2 Å². The fraction of sp³-hybridized carbons (Fsp3) is 0.533. The number of nitrogens with one attached hydrogen (secondary N) is 1. The van der Waals surface area contributed by atoms with Gasteiger partial charge in [-0.1, -0.05) is 0 Å². The summed E-state index contributed by atoms with van der Waals surface area (Å²) in [5.41, 5.74) is 0.594. The van der Waals surface area contributed by atoms with Gasteiger partial charge in [-0.3, -0.25) is 4.79 Å². The molecule has 1 aromatic rings. The van der Waals surface area contributed by atoms with E-state index in [1.807, 2.05) is 0 Å². The van der Waals surface area contributed by atoms with Crippen LogP contribution >= 0.6 is 0 Å². The standard InChI is InChI=1S/C15H21F2N3O/c1-11(21)19-4-3-5-20(7-6-19)15-13(16)8-12(10-18-2)9-14(15)17/h8-9,18H,3-7,10H2,1-2H3. The molecule has 6 heteroatoms. The highest BCUT2D eigenvalue weighted by atomic mass is 19.1. The Kier molecular flexibility index (Phi) is 5.12. The summed E-state index contributed by atoms with van der Waals surface area (Å²) in [5.74, 6) is -1.09. The van der Waals surface area contributed by atoms with Gasteiger partial charge in [0.15, 0.2) is 0 Å². The molecule has 1 heterocycles. The Labute approximate surface area is 123 Å². The second kappa shape index (κ2) is 6.85. The van der Waals surface area contributed by atoms with Crippen LogP contribution in [0.3, 0.4) is 0 Å². The molecule has 1 aliphatic heterocycles. The number of hydrogen-bond acceptors (Lipinski definition) is 3. The third kappa shape index (κ3) is 3.69. The first-order valence-electron chi connectivity index (χ1n) is 7.16. The summed E-state index contributed by atoms with van der Waals surface area (Å²) in [6.07, 6.45) is 0.705. The van der Waals surface area contributed by atoms with E-state index in [4.69, 9.17) is 0 Å². The number of halogens is 2. The molecular formula is C15H21F2N3O. The van der Waals surface area contributed by atoms with Crippen molar-refractivity contribution in [2.75, 3.05) is 38.1 Å². The van der Waals surface area contributed by atoms with Crippen LogP contribution in [-0.2, 0) is 11.3 Å². The number of anilines is 1. The molecule has 1 amide bonds. The number of nitrogens with zero attached hydrogens (tertiary/aromatic N) is 2. The van der Waals surface area contributed by atoms with Crippen LogP contribution in [0.2, 0.25) is 0 Å². The first-order valence-corrected chi connectivity index (χ1v) is 7.16. The highest BCUT2D eigenvalue weighted by Crippen LogP contribution is 2.26. The number of amides is 1. The van der Waals surface area contributed by atoms with Gasteiger partial charge in [-0.15, -0.1) is 0 Å². The summed E-state index contributed by atoms with van der Waals surface area (Å²) in [7, 11) is 1.73. The minimum Gasteiger partial charge on any atom is -0.365 e. The molecule has 1 N–H and O–H groups in total. The number of hydrogen-bond donors (Lipinski definition) is 1. The van der Waals surface area contributed by atoms with E-state index in [9.17, 15) is 13.6 Å². The molecule has 2 rings (SSSR count). The van der Waals surface area contributed by atoms with Crippen LogP contribution in [0.4, 0.5) is 14.5 Å². The summed E-state index contributed by atoms with van der Waals surface area (Å²) in [6.45, 7) is 4.05. The summed E-state index contributed by atoms with van der Waals surface area (Å²) in [4.78, 5) is 14.8. The van der Waals surface area contributed by atoms with E-state index in [-0.39, 0.29) is 11.6 Å². The Morgan fingerprint density at radius 3 is 2.43 bits per heavy atom. The van der Waals surface area contributed by atoms with Crippen molar-refractivity contribution >= 4 is 11.6 Å². The predicted octanol–water partition coefficient (Wildman–Crippen LogP) is 1.74. The largest absolute Gasteiger partial charge is 0.365 e. The second-order valence-corrected chi connectivity index (χ2v) is 5.29. The molecule has 1 fully saturated rings. The lowest BCUT2D eigenvalue weighted by Crippen LogP contribution is -2.34. The van der Waals surface area contributed by atoms with Gasteiger partial charge in [0, 0.05) is 39.6 Å². The van der Waals surface area contributed by atoms with E-state index in [1.165, 1.54) is 19.1 Å². The first kappa shape index (κ1) is 15.7. The topological polar surface area (TPSA) is 35.6 Å². The average molecular weight is 297 g/mol. The molecule has 0 radical (unpaired) electrons. The van der Waals surface area contributed by atoms with Crippen molar-refractivity contribution in [3.8, 4) is 0 Å². The van der Waals surface area contributed by atoms with Crippen LogP contribution in [0.15, 0.2) is 12.1 Å². The fourth-order valence-electron chi connectivity index (χ4n) is 2.68. The molecule has 1 aromatic carbocycles. The van der Waals surface area contributed by atoms with E-state index in [0.29, 0.717) is 44.7 Å². The minimum atomic E-state index is -0.545. The number of rotatable bonds is 3. The Bertz CT molecular complexity index is 499. The SMILES string of the molecule is CNCc1cc(F)c(N2CCCN(C(C)=O)CC2)c(F)c1. The molecule has 0 bridgehead atoms. The van der Waals surface area contributed by atoms with E-state index >= 15 is 0 Å². The molecule has 1 saturated heterocycles. The van der Waals surface area contributed by atoms with Crippen molar-refractivity contribution in [1.29, 1.82) is 0 Å². The zero-order valence-electron chi connectivity index (χ0n) is 12.5. The Balaban J connectivity index is 2.19. The molecular weight excluding hydrogens is 276 g/mol. The van der Waals surface area contributed by atoms with E-state index in [1.54, 1.807) is 16.8 Å². The van der Waals surface area contributed by atoms with E-state index in [0.717, 1.165) is 0 Å². The summed E-state index contributed by atoms with van der Waals surface area (Å²) >= 11 is 0. The Hall–Kier alpha value is -1.69. The molecule has 116 valence electrons. The quantitative estimate of drug-likeness (QED) is 0.923. The lowest BCUT2D eigenvalue weighted by molar-refractivity contribution is -0.128. The predicted molar refractivity (Wildman–Crippen MR) is 78.2 cm³/mol. The molecule has 0 atom stereocenters. The molecule has 0 spiro atoms. The zero-order valence-corrected chi connectivity index (χ0v) is 12.5. The lowest BCUT2D eigenvalue weighted by atomic mass is 10.1. The Morgan fingerprint density at radius 1 is 1.19 bits per heavy atom. The highest BCUT2D eigenvalue weighted by Gasteiger charge is 2.22. The highest BCUT2D eigenvalue weighted by molar-refractivity contribution is 5.73. The van der Waals surface area contributed by atoms with Crippen LogP contribution in [-0.4, -0.2) is 44.0 Å². The molecule has 0 aliphatic carbocycles. The maximum absolute atomic E-state index is 14.2. The summed E-state index contributed by atoms with van der Waals surface area (Å²) in [5, 5.41) is 2.87. The molecule has 1 aliphatic rings. The Morgan fingerprint density at radius 2 is 1.86 bits per heavy atom. The third-order valence-electron chi connectivity index (χ3n) is 3.72. The van der Waals surface area contributed by atoms with Crippen LogP contribution < -0.4 is 10.2 Å². The zero-order chi connectivity index (χ0) is 15.4. The van der Waals surface area contributed by atoms with Gasteiger partial charge in [0.25, 0.3) is 0 Å². The maximum atomic E-state index is 14.2. The molecule has 0 aromatic heterocycles. The molecule has 21 heavy (non-hydrogen) atoms. The lowest BCUT2D eigenvalue weighted by Gasteiger charge is -2.24. The van der Waals surface area contributed by atoms with Gasteiger partial charge in [0.1, 0.15) is 17.3 Å². The van der Waals surface area contributed by atoms with Gasteiger partial charge in [-0.05, 0) is 31.2 Å². The van der Waals surface area contributed by atoms with Gasteiger partial charge in [-0.25, -0.2) is 8.78 Å². The second-order valence-electron chi connectivity index (χ2n) is 5.29. The average Bonchev–Trinajstić information content (AvgIpc) is 2.64. The third-order valence-corrected chi connectivity index (χ3v) is 3.72. The molecule has 0 unspecified atom stereocenters. The maximum Gasteiger partial charge on any atom is 0.219 e. The van der Waals surface area contributed by atoms with Gasteiger partial charge in [0.05, 0.1) is 0 Å².